The van der Waals surface area contributed by atoms with Gasteiger partial charge in [0.1, 0.15) is 0 Å². The highest BCUT2D eigenvalue weighted by molar-refractivity contribution is 6.08. The summed E-state index contributed by atoms with van der Waals surface area (Å²) in [5.74, 6) is -1.70. The van der Waals surface area contributed by atoms with Crippen molar-refractivity contribution in [1.29, 1.82) is 0 Å². The lowest BCUT2D eigenvalue weighted by Crippen LogP contribution is -2.11. The maximum Gasteiger partial charge on any atom is 0.259 e. The van der Waals surface area contributed by atoms with Gasteiger partial charge in [0, 0.05) is 24.1 Å². The number of hydrogen-bond acceptors (Lipinski definition) is 4. The minimum atomic E-state index is -0.802. The van der Waals surface area contributed by atoms with Crippen molar-refractivity contribution in [3.05, 3.63) is 54.4 Å². The van der Waals surface area contributed by atoms with Crippen LogP contribution in [-0.2, 0) is 0 Å². The number of nitrogens with one attached hydrogen (secondary N) is 1. The molecule has 0 aliphatic carbocycles. The van der Waals surface area contributed by atoms with Crippen molar-refractivity contribution in [2.45, 2.75) is 0 Å². The minimum absolute atomic E-state index is 0.244. The highest BCUT2D eigenvalue weighted by Crippen LogP contribution is 2.20. The van der Waals surface area contributed by atoms with E-state index in [1.165, 1.54) is 29.0 Å². The van der Waals surface area contributed by atoms with Crippen LogP contribution in [0.3, 0.4) is 0 Å². The van der Waals surface area contributed by atoms with Gasteiger partial charge in [-0.25, -0.2) is 8.91 Å². The third kappa shape index (κ3) is 2.05. The van der Waals surface area contributed by atoms with Crippen LogP contribution < -0.4 is 5.32 Å². The Kier molecular flexibility index (Phi) is 2.79. The number of aromatic hydroxyl groups is 1. The van der Waals surface area contributed by atoms with E-state index >= 15 is 0 Å². The van der Waals surface area contributed by atoms with Gasteiger partial charge < -0.3 is 10.4 Å². The van der Waals surface area contributed by atoms with Gasteiger partial charge in [-0.15, -0.1) is 0 Å². The van der Waals surface area contributed by atoms with Crippen molar-refractivity contribution in [3.63, 3.8) is 0 Å². The Morgan fingerprint density at radius 3 is 3.00 bits per heavy atom. The largest absolute Gasteiger partial charge is 0.505 e. The Balaban J connectivity index is 1.91. The van der Waals surface area contributed by atoms with E-state index in [0.29, 0.717) is 11.1 Å². The standard InChI is InChI=1S/C13H9FN4O2/c14-10-5-8(1-2-12(10)19)17-13(20)9-6-16-18-4-3-15-7-11(9)18/h1-7,19H,(H,17,20). The van der Waals surface area contributed by atoms with Crippen LogP contribution in [0.15, 0.2) is 43.0 Å². The number of phenols is 1. The highest BCUT2D eigenvalue weighted by atomic mass is 19.1. The molecule has 2 aromatic heterocycles. The Labute approximate surface area is 112 Å². The Bertz CT molecular complexity index is 800. The van der Waals surface area contributed by atoms with E-state index in [2.05, 4.69) is 15.4 Å². The maximum atomic E-state index is 13.2. The van der Waals surface area contributed by atoms with Crippen molar-refractivity contribution in [2.24, 2.45) is 0 Å². The summed E-state index contributed by atoms with van der Waals surface area (Å²) in [7, 11) is 0. The van der Waals surface area contributed by atoms with Gasteiger partial charge >= 0.3 is 0 Å². The van der Waals surface area contributed by atoms with Crippen molar-refractivity contribution in [3.8, 4) is 5.75 Å². The summed E-state index contributed by atoms with van der Waals surface area (Å²) in [6, 6.07) is 3.61. The third-order valence-electron chi connectivity index (χ3n) is 2.77. The van der Waals surface area contributed by atoms with Gasteiger partial charge in [-0.05, 0) is 12.1 Å². The lowest BCUT2D eigenvalue weighted by atomic mass is 10.2. The summed E-state index contributed by atoms with van der Waals surface area (Å²) in [4.78, 5) is 16.0. The molecule has 0 saturated heterocycles. The average Bonchev–Trinajstić information content (AvgIpc) is 2.87. The number of aromatic nitrogens is 3. The third-order valence-corrected chi connectivity index (χ3v) is 2.77. The quantitative estimate of drug-likeness (QED) is 0.697. The van der Waals surface area contributed by atoms with E-state index in [9.17, 15) is 9.18 Å². The molecule has 2 N–H and O–H groups in total. The first-order valence-electron chi connectivity index (χ1n) is 5.72. The maximum absolute atomic E-state index is 13.2. The summed E-state index contributed by atoms with van der Waals surface area (Å²) in [6.45, 7) is 0. The Morgan fingerprint density at radius 2 is 2.20 bits per heavy atom. The summed E-state index contributed by atoms with van der Waals surface area (Å²) in [5.41, 5.74) is 1.12. The molecule has 0 fully saturated rings. The molecule has 100 valence electrons. The molecule has 0 unspecified atom stereocenters. The predicted octanol–water partition coefficient (Wildman–Crippen LogP) is 1.83. The fourth-order valence-electron chi connectivity index (χ4n) is 1.79. The molecule has 0 aliphatic heterocycles. The first-order valence-corrected chi connectivity index (χ1v) is 5.72. The van der Waals surface area contributed by atoms with Crippen molar-refractivity contribution < 1.29 is 14.3 Å². The van der Waals surface area contributed by atoms with Gasteiger partial charge in [0.15, 0.2) is 11.6 Å². The first-order chi connectivity index (χ1) is 9.65. The van der Waals surface area contributed by atoms with Crippen LogP contribution in [0, 0.1) is 5.82 Å². The summed E-state index contributed by atoms with van der Waals surface area (Å²) < 4.78 is 14.7. The van der Waals surface area contributed by atoms with Gasteiger partial charge in [-0.1, -0.05) is 0 Å². The molecule has 2 heterocycles. The second kappa shape index (κ2) is 4.61. The fourth-order valence-corrected chi connectivity index (χ4v) is 1.79. The summed E-state index contributed by atoms with van der Waals surface area (Å²) >= 11 is 0. The van der Waals surface area contributed by atoms with Gasteiger partial charge in [0.2, 0.25) is 0 Å². The number of rotatable bonds is 2. The molecule has 6 nitrogen and oxygen atoms in total. The second-order valence-electron chi connectivity index (χ2n) is 4.08. The molecule has 7 heteroatoms. The lowest BCUT2D eigenvalue weighted by molar-refractivity contribution is 0.102. The minimum Gasteiger partial charge on any atom is -0.505 e. The van der Waals surface area contributed by atoms with E-state index < -0.39 is 17.5 Å². The van der Waals surface area contributed by atoms with E-state index in [1.54, 1.807) is 12.4 Å². The molecule has 0 saturated carbocycles. The molecule has 0 bridgehead atoms. The number of nitrogens with zero attached hydrogens (tertiary/aromatic N) is 3. The van der Waals surface area contributed by atoms with E-state index in [0.717, 1.165) is 6.07 Å². The Morgan fingerprint density at radius 1 is 1.35 bits per heavy atom. The first kappa shape index (κ1) is 12.1. The summed E-state index contributed by atoms with van der Waals surface area (Å²) in [5, 5.41) is 15.6. The number of phenolic OH excluding ortho intramolecular Hbond substituents is 1. The zero-order chi connectivity index (χ0) is 14.1. The predicted molar refractivity (Wildman–Crippen MR) is 69.0 cm³/mol. The van der Waals surface area contributed by atoms with Crippen LogP contribution in [0.1, 0.15) is 10.4 Å². The van der Waals surface area contributed by atoms with Crippen LogP contribution in [0.2, 0.25) is 0 Å². The molecule has 0 radical (unpaired) electrons. The van der Waals surface area contributed by atoms with Crippen molar-refractivity contribution >= 4 is 17.1 Å². The monoisotopic (exact) mass is 272 g/mol. The number of carbonyl (C=O) groups excluding carboxylic acids is 1. The normalized spacial score (nSPS) is 10.7. The van der Waals surface area contributed by atoms with Crippen LogP contribution in [0.5, 0.6) is 5.75 Å². The number of anilines is 1. The lowest BCUT2D eigenvalue weighted by Gasteiger charge is -2.04. The fraction of sp³-hybridized carbons (Fsp3) is 0. The summed E-state index contributed by atoms with van der Waals surface area (Å²) in [6.07, 6.45) is 6.09. The molecule has 1 aromatic carbocycles. The van der Waals surface area contributed by atoms with Crippen molar-refractivity contribution in [2.75, 3.05) is 5.32 Å². The van der Waals surface area contributed by atoms with E-state index in [-0.39, 0.29) is 5.69 Å². The second-order valence-corrected chi connectivity index (χ2v) is 4.08. The molecular formula is C13H9FN4O2. The molecule has 0 spiro atoms. The SMILES string of the molecule is O=C(Nc1ccc(O)c(F)c1)c1cnn2ccncc12. The molecule has 0 aliphatic rings. The Hall–Kier alpha value is -2.96. The molecular weight excluding hydrogens is 263 g/mol. The number of carbonyl (C=O) groups is 1. The van der Waals surface area contributed by atoms with Gasteiger partial charge in [0.25, 0.3) is 5.91 Å². The van der Waals surface area contributed by atoms with Crippen molar-refractivity contribution in [1.82, 2.24) is 14.6 Å². The van der Waals surface area contributed by atoms with Gasteiger partial charge in [-0.2, -0.15) is 5.10 Å². The number of amides is 1. The van der Waals surface area contributed by atoms with Gasteiger partial charge in [0.05, 0.1) is 23.5 Å². The van der Waals surface area contributed by atoms with Crippen LogP contribution >= 0.6 is 0 Å². The highest BCUT2D eigenvalue weighted by Gasteiger charge is 2.13. The molecule has 0 atom stereocenters. The van der Waals surface area contributed by atoms with E-state index in [1.807, 2.05) is 0 Å². The zero-order valence-corrected chi connectivity index (χ0v) is 10.1. The van der Waals surface area contributed by atoms with Gasteiger partial charge in [-0.3, -0.25) is 9.78 Å². The number of benzene rings is 1. The molecule has 3 aromatic rings. The smallest absolute Gasteiger partial charge is 0.259 e. The number of halogens is 1. The number of hydrogen-bond donors (Lipinski definition) is 2. The van der Waals surface area contributed by atoms with Crippen LogP contribution in [-0.4, -0.2) is 25.6 Å². The molecule has 20 heavy (non-hydrogen) atoms. The van der Waals surface area contributed by atoms with E-state index in [4.69, 9.17) is 5.11 Å². The zero-order valence-electron chi connectivity index (χ0n) is 10.1. The topological polar surface area (TPSA) is 79.5 Å². The average molecular weight is 272 g/mol. The number of fused-ring (bicyclic) bond motifs is 1. The van der Waals surface area contributed by atoms with Crippen LogP contribution in [0.25, 0.3) is 5.52 Å². The molecule has 1 amide bonds. The van der Waals surface area contributed by atoms with Crippen LogP contribution in [0.4, 0.5) is 10.1 Å². The molecule has 3 rings (SSSR count).